The second-order valence-corrected chi connectivity index (χ2v) is 4.87. The van der Waals surface area contributed by atoms with Crippen LogP contribution in [0.5, 0.6) is 11.5 Å². The highest BCUT2D eigenvalue weighted by Crippen LogP contribution is 2.26. The number of anilines is 1. The highest BCUT2D eigenvalue weighted by atomic mass is 16.5. The molecule has 3 nitrogen and oxygen atoms in total. The van der Waals surface area contributed by atoms with E-state index in [9.17, 15) is 0 Å². The zero-order valence-corrected chi connectivity index (χ0v) is 11.8. The van der Waals surface area contributed by atoms with Crippen LogP contribution in [0.2, 0.25) is 0 Å². The predicted octanol–water partition coefficient (Wildman–Crippen LogP) is 5.25. The van der Waals surface area contributed by atoms with Crippen molar-refractivity contribution in [1.82, 2.24) is 0 Å². The van der Waals surface area contributed by atoms with Crippen molar-refractivity contribution in [3.63, 3.8) is 0 Å². The highest BCUT2D eigenvalue weighted by Gasteiger charge is 2.07. The largest absolute Gasteiger partial charge is 0.472 e. The van der Waals surface area contributed by atoms with Crippen LogP contribution in [0, 0.1) is 0 Å². The number of nitrogens with one attached hydrogen (secondary N) is 1. The third-order valence-electron chi connectivity index (χ3n) is 3.24. The molecule has 0 fully saturated rings. The van der Waals surface area contributed by atoms with Crippen molar-refractivity contribution in [2.24, 2.45) is 0 Å². The van der Waals surface area contributed by atoms with Gasteiger partial charge in [-0.2, -0.15) is 0 Å². The lowest BCUT2D eigenvalue weighted by Gasteiger charge is -2.14. The Morgan fingerprint density at radius 1 is 0.952 bits per heavy atom. The normalized spacial score (nSPS) is 11.9. The second kappa shape index (κ2) is 6.18. The summed E-state index contributed by atoms with van der Waals surface area (Å²) in [5.41, 5.74) is 2.13. The molecular weight excluding hydrogens is 262 g/mol. The van der Waals surface area contributed by atoms with Crippen LogP contribution in [0.3, 0.4) is 0 Å². The summed E-state index contributed by atoms with van der Waals surface area (Å²) in [6.07, 6.45) is 3.43. The smallest absolute Gasteiger partial charge is 0.129 e. The van der Waals surface area contributed by atoms with E-state index in [1.54, 1.807) is 12.5 Å². The fraction of sp³-hybridized carbons (Fsp3) is 0.111. The Labute approximate surface area is 124 Å². The van der Waals surface area contributed by atoms with Crippen LogP contribution in [-0.4, -0.2) is 0 Å². The lowest BCUT2D eigenvalue weighted by atomic mass is 10.1. The summed E-state index contributed by atoms with van der Waals surface area (Å²) < 4.78 is 10.9. The standard InChI is InChI=1S/C18H17NO2/c1-14(15-10-11-20-13-15)19-16-6-5-9-18(12-16)21-17-7-3-2-4-8-17/h2-14,19H,1H3. The average molecular weight is 279 g/mol. The van der Waals surface area contributed by atoms with Crippen LogP contribution >= 0.6 is 0 Å². The van der Waals surface area contributed by atoms with Crippen LogP contribution in [0.15, 0.2) is 77.6 Å². The molecule has 0 saturated carbocycles. The van der Waals surface area contributed by atoms with E-state index < -0.39 is 0 Å². The fourth-order valence-corrected chi connectivity index (χ4v) is 2.13. The molecule has 0 saturated heterocycles. The van der Waals surface area contributed by atoms with E-state index in [0.717, 1.165) is 22.7 Å². The first-order valence-electron chi connectivity index (χ1n) is 6.93. The number of rotatable bonds is 5. The van der Waals surface area contributed by atoms with Crippen molar-refractivity contribution in [3.05, 3.63) is 78.8 Å². The molecular formula is C18H17NO2. The molecule has 0 aliphatic carbocycles. The van der Waals surface area contributed by atoms with E-state index >= 15 is 0 Å². The molecule has 0 aliphatic rings. The number of benzene rings is 2. The SMILES string of the molecule is CC(Nc1cccc(Oc2ccccc2)c1)c1ccoc1. The Hall–Kier alpha value is -2.68. The first-order chi connectivity index (χ1) is 10.3. The van der Waals surface area contributed by atoms with Gasteiger partial charge < -0.3 is 14.5 Å². The van der Waals surface area contributed by atoms with Crippen molar-refractivity contribution in [2.45, 2.75) is 13.0 Å². The van der Waals surface area contributed by atoms with Gasteiger partial charge in [0.05, 0.1) is 18.6 Å². The summed E-state index contributed by atoms with van der Waals surface area (Å²) >= 11 is 0. The molecule has 0 bridgehead atoms. The number of hydrogen-bond acceptors (Lipinski definition) is 3. The first kappa shape index (κ1) is 13.3. The Kier molecular flexibility index (Phi) is 3.92. The Morgan fingerprint density at radius 3 is 2.52 bits per heavy atom. The Morgan fingerprint density at radius 2 is 1.76 bits per heavy atom. The van der Waals surface area contributed by atoms with Crippen LogP contribution in [0.25, 0.3) is 0 Å². The Bertz CT molecular complexity index is 677. The van der Waals surface area contributed by atoms with Crippen molar-refractivity contribution < 1.29 is 9.15 Å². The maximum absolute atomic E-state index is 5.83. The van der Waals surface area contributed by atoms with Gasteiger partial charge in [-0.05, 0) is 37.3 Å². The molecule has 2 aromatic carbocycles. The predicted molar refractivity (Wildman–Crippen MR) is 83.7 cm³/mol. The minimum atomic E-state index is 0.177. The number of ether oxygens (including phenoxy) is 1. The van der Waals surface area contributed by atoms with Gasteiger partial charge in [0.1, 0.15) is 11.5 Å². The summed E-state index contributed by atoms with van der Waals surface area (Å²) in [6, 6.07) is 19.8. The molecule has 1 atom stereocenters. The van der Waals surface area contributed by atoms with E-state index in [-0.39, 0.29) is 6.04 Å². The van der Waals surface area contributed by atoms with Gasteiger partial charge in [-0.25, -0.2) is 0 Å². The first-order valence-corrected chi connectivity index (χ1v) is 6.93. The minimum Gasteiger partial charge on any atom is -0.472 e. The number of hydrogen-bond donors (Lipinski definition) is 1. The molecule has 1 heterocycles. The molecule has 0 spiro atoms. The van der Waals surface area contributed by atoms with Crippen molar-refractivity contribution in [2.75, 3.05) is 5.32 Å². The lowest BCUT2D eigenvalue weighted by Crippen LogP contribution is -2.05. The molecule has 106 valence electrons. The maximum Gasteiger partial charge on any atom is 0.129 e. The van der Waals surface area contributed by atoms with Crippen LogP contribution < -0.4 is 10.1 Å². The molecule has 3 heteroatoms. The van der Waals surface area contributed by atoms with Crippen LogP contribution in [0.1, 0.15) is 18.5 Å². The van der Waals surface area contributed by atoms with Crippen molar-refractivity contribution in [1.29, 1.82) is 0 Å². The van der Waals surface area contributed by atoms with E-state index in [0.29, 0.717) is 0 Å². The molecule has 0 aliphatic heterocycles. The van der Waals surface area contributed by atoms with Gasteiger partial charge >= 0.3 is 0 Å². The summed E-state index contributed by atoms with van der Waals surface area (Å²) in [5, 5.41) is 3.43. The molecule has 21 heavy (non-hydrogen) atoms. The van der Waals surface area contributed by atoms with Crippen molar-refractivity contribution in [3.8, 4) is 11.5 Å². The number of furan rings is 1. The van der Waals surface area contributed by atoms with Gasteiger partial charge in [0.15, 0.2) is 0 Å². The molecule has 1 N–H and O–H groups in total. The summed E-state index contributed by atoms with van der Waals surface area (Å²) in [4.78, 5) is 0. The Balaban J connectivity index is 1.71. The second-order valence-electron chi connectivity index (χ2n) is 4.87. The lowest BCUT2D eigenvalue weighted by molar-refractivity contribution is 0.483. The highest BCUT2D eigenvalue weighted by molar-refractivity contribution is 5.50. The fourth-order valence-electron chi connectivity index (χ4n) is 2.13. The molecule has 0 radical (unpaired) electrons. The molecule has 1 unspecified atom stereocenters. The third kappa shape index (κ3) is 3.45. The van der Waals surface area contributed by atoms with Crippen LogP contribution in [0.4, 0.5) is 5.69 Å². The molecule has 3 aromatic rings. The van der Waals surface area contributed by atoms with Gasteiger partial charge in [-0.3, -0.25) is 0 Å². The maximum atomic E-state index is 5.83. The molecule has 0 amide bonds. The van der Waals surface area contributed by atoms with E-state index in [1.807, 2.05) is 60.7 Å². The summed E-state index contributed by atoms with van der Waals surface area (Å²) in [7, 11) is 0. The third-order valence-corrected chi connectivity index (χ3v) is 3.24. The average Bonchev–Trinajstić information content (AvgIpc) is 3.03. The van der Waals surface area contributed by atoms with E-state index in [4.69, 9.17) is 9.15 Å². The van der Waals surface area contributed by atoms with Gasteiger partial charge in [-0.15, -0.1) is 0 Å². The van der Waals surface area contributed by atoms with Crippen LogP contribution in [-0.2, 0) is 0 Å². The van der Waals surface area contributed by atoms with E-state index in [1.165, 1.54) is 0 Å². The zero-order chi connectivity index (χ0) is 14.5. The molecule has 1 aromatic heterocycles. The number of para-hydroxylation sites is 1. The van der Waals surface area contributed by atoms with Gasteiger partial charge in [0, 0.05) is 17.3 Å². The van der Waals surface area contributed by atoms with Gasteiger partial charge in [0.2, 0.25) is 0 Å². The van der Waals surface area contributed by atoms with Gasteiger partial charge in [-0.1, -0.05) is 24.3 Å². The quantitative estimate of drug-likeness (QED) is 0.693. The topological polar surface area (TPSA) is 34.4 Å². The molecule has 3 rings (SSSR count). The zero-order valence-electron chi connectivity index (χ0n) is 11.8. The monoisotopic (exact) mass is 279 g/mol. The summed E-state index contributed by atoms with van der Waals surface area (Å²) in [5.74, 6) is 1.64. The van der Waals surface area contributed by atoms with Gasteiger partial charge in [0.25, 0.3) is 0 Å². The minimum absolute atomic E-state index is 0.177. The summed E-state index contributed by atoms with van der Waals surface area (Å²) in [6.45, 7) is 2.09. The van der Waals surface area contributed by atoms with E-state index in [2.05, 4.69) is 12.2 Å². The van der Waals surface area contributed by atoms with Crippen molar-refractivity contribution >= 4 is 5.69 Å².